The van der Waals surface area contributed by atoms with Crippen molar-refractivity contribution in [3.05, 3.63) is 17.3 Å². The number of aromatic nitrogens is 4. The van der Waals surface area contributed by atoms with Crippen molar-refractivity contribution >= 4 is 35.4 Å². The van der Waals surface area contributed by atoms with E-state index in [1.807, 2.05) is 0 Å². The molecule has 3 N–H and O–H groups in total. The number of nitrogens with one attached hydrogen (secondary N) is 3. The van der Waals surface area contributed by atoms with Gasteiger partial charge in [-0.1, -0.05) is 0 Å². The molecule has 0 radical (unpaired) electrons. The van der Waals surface area contributed by atoms with Gasteiger partial charge in [-0.05, 0) is 37.7 Å². The summed E-state index contributed by atoms with van der Waals surface area (Å²) in [6.07, 6.45) is 8.15. The minimum Gasteiger partial charge on any atom is -0.354 e. The van der Waals surface area contributed by atoms with Crippen molar-refractivity contribution in [3.63, 3.8) is 0 Å². The summed E-state index contributed by atoms with van der Waals surface area (Å²) in [7, 11) is 0. The van der Waals surface area contributed by atoms with E-state index in [1.165, 1.54) is 12.8 Å². The van der Waals surface area contributed by atoms with Crippen molar-refractivity contribution in [2.24, 2.45) is 5.92 Å². The van der Waals surface area contributed by atoms with Gasteiger partial charge in [-0.2, -0.15) is 19.6 Å². The number of anilines is 2. The lowest BCUT2D eigenvalue weighted by molar-refractivity contribution is -0.124. The highest BCUT2D eigenvalue weighted by Crippen LogP contribution is 2.29. The molecule has 0 unspecified atom stereocenters. The summed E-state index contributed by atoms with van der Waals surface area (Å²) in [4.78, 5) is 32.4. The van der Waals surface area contributed by atoms with Gasteiger partial charge in [0.25, 0.3) is 5.91 Å². The number of rotatable bonds is 6. The molecule has 26 heavy (non-hydrogen) atoms. The number of carbonyl (C=O) groups excluding carboxylic acids is 2. The predicted molar refractivity (Wildman–Crippen MR) is 94.4 cm³/mol. The molecule has 5 rings (SSSR count). The molecule has 9 heteroatoms. The second-order valence-electron chi connectivity index (χ2n) is 7.17. The third kappa shape index (κ3) is 3.00. The fourth-order valence-corrected chi connectivity index (χ4v) is 2.95. The number of imide groups is 1. The van der Waals surface area contributed by atoms with Gasteiger partial charge in [0.1, 0.15) is 0 Å². The Bertz CT molecular complexity index is 940. The van der Waals surface area contributed by atoms with Crippen LogP contribution in [0.3, 0.4) is 0 Å². The maximum atomic E-state index is 11.8. The van der Waals surface area contributed by atoms with Gasteiger partial charge >= 0.3 is 0 Å². The van der Waals surface area contributed by atoms with E-state index >= 15 is 0 Å². The quantitative estimate of drug-likeness (QED) is 0.523. The number of carbonyl (C=O) groups is 2. The summed E-state index contributed by atoms with van der Waals surface area (Å²) in [6, 6.07) is 0.425. The van der Waals surface area contributed by atoms with E-state index in [0.29, 0.717) is 40.6 Å². The molecule has 2 saturated carbocycles. The van der Waals surface area contributed by atoms with Crippen LogP contribution in [0.15, 0.2) is 11.8 Å². The number of hydrogen-bond donors (Lipinski definition) is 3. The van der Waals surface area contributed by atoms with Crippen molar-refractivity contribution < 1.29 is 9.59 Å². The van der Waals surface area contributed by atoms with Crippen molar-refractivity contribution in [2.45, 2.75) is 38.1 Å². The minimum absolute atomic E-state index is 0.0845. The lowest BCUT2D eigenvalue weighted by atomic mass is 10.1. The Morgan fingerprint density at radius 1 is 1.23 bits per heavy atom. The molecular weight excluding hydrogens is 334 g/mol. The van der Waals surface area contributed by atoms with Gasteiger partial charge in [0, 0.05) is 23.7 Å². The molecule has 0 bridgehead atoms. The molecule has 0 spiro atoms. The van der Waals surface area contributed by atoms with Crippen LogP contribution in [-0.4, -0.2) is 44.0 Å². The van der Waals surface area contributed by atoms with Crippen molar-refractivity contribution in [2.75, 3.05) is 17.2 Å². The Hall–Kier alpha value is -2.97. The normalized spacial score (nSPS) is 21.5. The van der Waals surface area contributed by atoms with Gasteiger partial charge < -0.3 is 10.6 Å². The van der Waals surface area contributed by atoms with Crippen LogP contribution in [0, 0.1) is 5.92 Å². The van der Waals surface area contributed by atoms with Crippen molar-refractivity contribution in [1.29, 1.82) is 0 Å². The third-order valence-corrected chi connectivity index (χ3v) is 4.78. The van der Waals surface area contributed by atoms with E-state index in [-0.39, 0.29) is 18.2 Å². The van der Waals surface area contributed by atoms with E-state index in [1.54, 1.807) is 16.8 Å². The average molecular weight is 353 g/mol. The minimum atomic E-state index is -0.355. The first-order chi connectivity index (χ1) is 12.7. The topological polar surface area (TPSA) is 113 Å². The SMILES string of the molecule is O=C1C/C(=C\c2cnn3c(NC4CC4)nc(NCC4CC4)nc23)C(=O)N1. The van der Waals surface area contributed by atoms with Gasteiger partial charge in [-0.15, -0.1) is 0 Å². The summed E-state index contributed by atoms with van der Waals surface area (Å²) in [5.41, 5.74) is 1.73. The van der Waals surface area contributed by atoms with Crippen LogP contribution in [-0.2, 0) is 9.59 Å². The summed E-state index contributed by atoms with van der Waals surface area (Å²) in [5, 5.41) is 13.4. The van der Waals surface area contributed by atoms with Crippen molar-refractivity contribution in [1.82, 2.24) is 24.9 Å². The molecule has 2 aromatic heterocycles. The summed E-state index contributed by atoms with van der Waals surface area (Å²) in [5.74, 6) is 1.27. The molecule has 0 atom stereocenters. The van der Waals surface area contributed by atoms with Crippen LogP contribution in [0.5, 0.6) is 0 Å². The monoisotopic (exact) mass is 353 g/mol. The first kappa shape index (κ1) is 15.3. The molecule has 2 aromatic rings. The number of amides is 2. The zero-order valence-corrected chi connectivity index (χ0v) is 14.2. The maximum absolute atomic E-state index is 11.8. The second kappa shape index (κ2) is 5.79. The van der Waals surface area contributed by atoms with Crippen LogP contribution in [0.25, 0.3) is 11.7 Å². The first-order valence-corrected chi connectivity index (χ1v) is 8.96. The molecule has 3 aliphatic rings. The van der Waals surface area contributed by atoms with E-state index in [9.17, 15) is 9.59 Å². The number of fused-ring (bicyclic) bond motifs is 1. The Balaban J connectivity index is 1.53. The predicted octanol–water partition coefficient (Wildman–Crippen LogP) is 0.950. The zero-order valence-electron chi connectivity index (χ0n) is 14.2. The molecule has 2 aliphatic carbocycles. The lowest BCUT2D eigenvalue weighted by Gasteiger charge is -2.10. The van der Waals surface area contributed by atoms with Crippen LogP contribution in [0.2, 0.25) is 0 Å². The van der Waals surface area contributed by atoms with E-state index < -0.39 is 0 Å². The highest BCUT2D eigenvalue weighted by atomic mass is 16.2. The van der Waals surface area contributed by atoms with Crippen LogP contribution < -0.4 is 16.0 Å². The van der Waals surface area contributed by atoms with Gasteiger partial charge in [0.15, 0.2) is 5.65 Å². The van der Waals surface area contributed by atoms with Gasteiger partial charge in [-0.25, -0.2) is 0 Å². The lowest BCUT2D eigenvalue weighted by Crippen LogP contribution is -2.19. The molecule has 0 aromatic carbocycles. The molecular formula is C17H19N7O2. The number of hydrogen-bond acceptors (Lipinski definition) is 7. The molecule has 1 saturated heterocycles. The summed E-state index contributed by atoms with van der Waals surface area (Å²) < 4.78 is 1.65. The maximum Gasteiger partial charge on any atom is 0.254 e. The molecule has 3 heterocycles. The Labute approximate surface area is 149 Å². The third-order valence-electron chi connectivity index (χ3n) is 4.78. The molecule has 134 valence electrons. The summed E-state index contributed by atoms with van der Waals surface area (Å²) in [6.45, 7) is 0.862. The zero-order chi connectivity index (χ0) is 17.7. The Morgan fingerprint density at radius 2 is 2.08 bits per heavy atom. The molecule has 9 nitrogen and oxygen atoms in total. The fourth-order valence-electron chi connectivity index (χ4n) is 2.95. The highest BCUT2D eigenvalue weighted by molar-refractivity contribution is 6.15. The van der Waals surface area contributed by atoms with Gasteiger partial charge in [-0.3, -0.25) is 14.9 Å². The van der Waals surface area contributed by atoms with E-state index in [0.717, 1.165) is 19.4 Å². The molecule has 2 amide bonds. The summed E-state index contributed by atoms with van der Waals surface area (Å²) >= 11 is 0. The van der Waals surface area contributed by atoms with Gasteiger partial charge in [0.05, 0.1) is 12.6 Å². The fraction of sp³-hybridized carbons (Fsp3) is 0.471. The van der Waals surface area contributed by atoms with E-state index in [4.69, 9.17) is 0 Å². The van der Waals surface area contributed by atoms with Crippen molar-refractivity contribution in [3.8, 4) is 0 Å². The second-order valence-corrected chi connectivity index (χ2v) is 7.17. The Morgan fingerprint density at radius 3 is 2.77 bits per heavy atom. The standard InChI is InChI=1S/C17H19N7O2/c25-13-6-10(15(26)21-13)5-11-8-19-24-14(11)22-16(18-7-9-1-2-9)23-17(24)20-12-3-4-12/h5,8-9,12H,1-4,6-7H2,(H,21,25,26)(H2,18,20,22,23)/b10-5+. The highest BCUT2D eigenvalue weighted by Gasteiger charge is 2.26. The van der Waals surface area contributed by atoms with Crippen LogP contribution in [0.4, 0.5) is 11.9 Å². The molecule has 1 aliphatic heterocycles. The van der Waals surface area contributed by atoms with Crippen LogP contribution >= 0.6 is 0 Å². The van der Waals surface area contributed by atoms with Crippen LogP contribution in [0.1, 0.15) is 37.7 Å². The Kier molecular flexibility index (Phi) is 3.41. The average Bonchev–Trinajstić information content (AvgIpc) is 3.52. The number of nitrogens with zero attached hydrogens (tertiary/aromatic N) is 4. The van der Waals surface area contributed by atoms with Gasteiger partial charge in [0.2, 0.25) is 17.8 Å². The van der Waals surface area contributed by atoms with E-state index in [2.05, 4.69) is 31.0 Å². The smallest absolute Gasteiger partial charge is 0.254 e. The first-order valence-electron chi connectivity index (χ1n) is 8.96. The largest absolute Gasteiger partial charge is 0.354 e. The molecule has 3 fully saturated rings.